The van der Waals surface area contributed by atoms with Crippen LogP contribution in [0.25, 0.3) is 0 Å². The monoisotopic (exact) mass is 336 g/mol. The van der Waals surface area contributed by atoms with E-state index in [1.165, 1.54) is 19.3 Å². The van der Waals surface area contributed by atoms with Crippen molar-refractivity contribution >= 4 is 10.8 Å². The quantitative estimate of drug-likeness (QED) is 0.795. The molecule has 0 aliphatic carbocycles. The third-order valence-electron chi connectivity index (χ3n) is 4.89. The third kappa shape index (κ3) is 5.11. The highest BCUT2D eigenvalue weighted by Crippen LogP contribution is 2.19. The Morgan fingerprint density at radius 2 is 1.87 bits per heavy atom. The van der Waals surface area contributed by atoms with Crippen LogP contribution in [-0.2, 0) is 15.5 Å². The zero-order valence-corrected chi connectivity index (χ0v) is 14.7. The Kier molecular flexibility index (Phi) is 6.63. The van der Waals surface area contributed by atoms with Crippen LogP contribution in [-0.4, -0.2) is 71.7 Å². The van der Waals surface area contributed by atoms with E-state index in [0.717, 1.165) is 56.6 Å². The molecule has 1 aromatic carbocycles. The highest BCUT2D eigenvalue weighted by molar-refractivity contribution is 7.85. The lowest BCUT2D eigenvalue weighted by atomic mass is 10.0. The SMILES string of the molecule is O=[S@](CCN1CCCC[C@H]1CN1CCOCC1)c1ccccc1. The molecule has 0 aromatic heterocycles. The average Bonchev–Trinajstić information content (AvgIpc) is 2.62. The van der Waals surface area contributed by atoms with Crippen LogP contribution >= 0.6 is 0 Å². The number of nitrogens with zero attached hydrogens (tertiary/aromatic N) is 2. The molecule has 128 valence electrons. The fraction of sp³-hybridized carbons (Fsp3) is 0.667. The van der Waals surface area contributed by atoms with Gasteiger partial charge in [-0.2, -0.15) is 0 Å². The molecule has 3 rings (SSSR count). The van der Waals surface area contributed by atoms with E-state index in [4.69, 9.17) is 4.74 Å². The van der Waals surface area contributed by atoms with E-state index in [9.17, 15) is 4.21 Å². The van der Waals surface area contributed by atoms with Crippen LogP contribution < -0.4 is 0 Å². The summed E-state index contributed by atoms with van der Waals surface area (Å²) in [6.07, 6.45) is 3.88. The van der Waals surface area contributed by atoms with Crippen LogP contribution in [0.5, 0.6) is 0 Å². The van der Waals surface area contributed by atoms with E-state index in [2.05, 4.69) is 9.80 Å². The molecule has 0 bridgehead atoms. The van der Waals surface area contributed by atoms with Gasteiger partial charge in [-0.25, -0.2) is 0 Å². The fourth-order valence-corrected chi connectivity index (χ4v) is 4.63. The molecule has 23 heavy (non-hydrogen) atoms. The molecule has 0 unspecified atom stereocenters. The van der Waals surface area contributed by atoms with Crippen LogP contribution in [0.3, 0.4) is 0 Å². The van der Waals surface area contributed by atoms with Crippen LogP contribution in [0.15, 0.2) is 35.2 Å². The molecular weight excluding hydrogens is 308 g/mol. The first-order valence-corrected chi connectivity index (χ1v) is 10.1. The van der Waals surface area contributed by atoms with Crippen LogP contribution in [0.2, 0.25) is 0 Å². The summed E-state index contributed by atoms with van der Waals surface area (Å²) in [5.74, 6) is 0.740. The first kappa shape index (κ1) is 17.1. The minimum absolute atomic E-state index is 0.620. The number of morpholine rings is 1. The Morgan fingerprint density at radius 1 is 1.09 bits per heavy atom. The van der Waals surface area contributed by atoms with Gasteiger partial charge in [-0.1, -0.05) is 24.6 Å². The second-order valence-electron chi connectivity index (χ2n) is 6.46. The summed E-state index contributed by atoms with van der Waals surface area (Å²) in [5.41, 5.74) is 0. The van der Waals surface area contributed by atoms with E-state index in [1.54, 1.807) is 0 Å². The molecule has 2 aliphatic rings. The minimum atomic E-state index is -0.882. The molecule has 1 aromatic rings. The summed E-state index contributed by atoms with van der Waals surface area (Å²) in [6, 6.07) is 10.5. The van der Waals surface area contributed by atoms with Crippen LogP contribution in [0, 0.1) is 0 Å². The molecule has 2 heterocycles. The largest absolute Gasteiger partial charge is 0.379 e. The van der Waals surface area contributed by atoms with Crippen molar-refractivity contribution in [2.45, 2.75) is 30.2 Å². The van der Waals surface area contributed by atoms with Gasteiger partial charge in [0.25, 0.3) is 0 Å². The molecule has 0 radical (unpaired) electrons. The van der Waals surface area contributed by atoms with Gasteiger partial charge in [0.15, 0.2) is 0 Å². The smallest absolute Gasteiger partial charge is 0.0594 e. The van der Waals surface area contributed by atoms with E-state index < -0.39 is 10.8 Å². The Hall–Kier alpha value is -0.750. The van der Waals surface area contributed by atoms with Gasteiger partial charge in [0.2, 0.25) is 0 Å². The topological polar surface area (TPSA) is 32.8 Å². The van der Waals surface area contributed by atoms with Gasteiger partial charge in [0.1, 0.15) is 0 Å². The van der Waals surface area contributed by atoms with E-state index in [-0.39, 0.29) is 0 Å². The highest BCUT2D eigenvalue weighted by atomic mass is 32.2. The number of rotatable bonds is 6. The van der Waals surface area contributed by atoms with Gasteiger partial charge in [-0.15, -0.1) is 0 Å². The maximum Gasteiger partial charge on any atom is 0.0594 e. The van der Waals surface area contributed by atoms with Crippen LogP contribution in [0.1, 0.15) is 19.3 Å². The number of hydrogen-bond acceptors (Lipinski definition) is 4. The summed E-state index contributed by atoms with van der Waals surface area (Å²) < 4.78 is 17.9. The lowest BCUT2D eigenvalue weighted by Gasteiger charge is -2.39. The second-order valence-corrected chi connectivity index (χ2v) is 8.03. The second kappa shape index (κ2) is 8.92. The summed E-state index contributed by atoms with van der Waals surface area (Å²) in [7, 11) is -0.882. The van der Waals surface area contributed by atoms with Crippen molar-refractivity contribution in [3.05, 3.63) is 30.3 Å². The van der Waals surface area contributed by atoms with Crippen molar-refractivity contribution in [3.8, 4) is 0 Å². The lowest BCUT2D eigenvalue weighted by molar-refractivity contribution is 0.0177. The van der Waals surface area contributed by atoms with Crippen molar-refractivity contribution in [2.24, 2.45) is 0 Å². The molecule has 2 aliphatic heterocycles. The van der Waals surface area contributed by atoms with Gasteiger partial charge < -0.3 is 4.74 Å². The average molecular weight is 337 g/mol. The van der Waals surface area contributed by atoms with E-state index >= 15 is 0 Å². The van der Waals surface area contributed by atoms with Gasteiger partial charge in [-0.05, 0) is 31.5 Å². The fourth-order valence-electron chi connectivity index (χ4n) is 3.53. The predicted molar refractivity (Wildman–Crippen MR) is 94.2 cm³/mol. The molecule has 2 saturated heterocycles. The molecule has 4 nitrogen and oxygen atoms in total. The standard InChI is InChI=1S/C18H28N2O2S/c21-23(18-7-2-1-3-8-18)15-12-20-9-5-4-6-17(20)16-19-10-13-22-14-11-19/h1-3,7-8,17H,4-6,9-16H2/t17-,23+/m0/s1. The van der Waals surface area contributed by atoms with E-state index in [1.807, 2.05) is 30.3 Å². The van der Waals surface area contributed by atoms with Gasteiger partial charge >= 0.3 is 0 Å². The number of benzene rings is 1. The number of hydrogen-bond donors (Lipinski definition) is 0. The zero-order valence-electron chi connectivity index (χ0n) is 13.9. The van der Waals surface area contributed by atoms with Crippen molar-refractivity contribution < 1.29 is 8.95 Å². The van der Waals surface area contributed by atoms with E-state index in [0.29, 0.717) is 6.04 Å². The maximum absolute atomic E-state index is 12.4. The number of piperidine rings is 1. The molecule has 0 N–H and O–H groups in total. The molecule has 0 amide bonds. The number of likely N-dealkylation sites (tertiary alicyclic amines) is 1. The lowest BCUT2D eigenvalue weighted by Crippen LogP contribution is -2.50. The Labute approximate surface area is 142 Å². The minimum Gasteiger partial charge on any atom is -0.379 e. The first-order valence-electron chi connectivity index (χ1n) is 8.80. The summed E-state index contributed by atoms with van der Waals surface area (Å²) >= 11 is 0. The number of ether oxygens (including phenoxy) is 1. The summed E-state index contributed by atoms with van der Waals surface area (Å²) in [5, 5.41) is 0. The van der Waals surface area contributed by atoms with Crippen molar-refractivity contribution in [3.63, 3.8) is 0 Å². The molecule has 2 fully saturated rings. The van der Waals surface area contributed by atoms with Gasteiger partial charge in [0, 0.05) is 42.9 Å². The molecule has 0 spiro atoms. The molecular formula is C18H28N2O2S. The Balaban J connectivity index is 1.51. The maximum atomic E-state index is 12.4. The summed E-state index contributed by atoms with van der Waals surface area (Å²) in [4.78, 5) is 6.05. The van der Waals surface area contributed by atoms with Crippen molar-refractivity contribution in [1.82, 2.24) is 9.80 Å². The van der Waals surface area contributed by atoms with Gasteiger partial charge in [0.05, 0.1) is 24.0 Å². The molecule has 5 heteroatoms. The normalized spacial score (nSPS) is 25.3. The predicted octanol–water partition coefficient (Wildman–Crippen LogP) is 1.98. The van der Waals surface area contributed by atoms with Crippen molar-refractivity contribution in [2.75, 3.05) is 51.7 Å². The van der Waals surface area contributed by atoms with Crippen LogP contribution in [0.4, 0.5) is 0 Å². The Morgan fingerprint density at radius 3 is 2.65 bits per heavy atom. The Bertz CT molecular complexity index is 491. The molecule has 0 saturated carbocycles. The van der Waals surface area contributed by atoms with Gasteiger partial charge in [-0.3, -0.25) is 14.0 Å². The third-order valence-corrected chi connectivity index (χ3v) is 6.24. The van der Waals surface area contributed by atoms with Crippen molar-refractivity contribution in [1.29, 1.82) is 0 Å². The first-order chi connectivity index (χ1) is 11.3. The highest BCUT2D eigenvalue weighted by Gasteiger charge is 2.25. The molecule has 2 atom stereocenters. The zero-order chi connectivity index (χ0) is 15.9. The summed E-state index contributed by atoms with van der Waals surface area (Å²) in [6.45, 7) is 7.08.